The molecule has 3 aromatic rings. The van der Waals surface area contributed by atoms with Crippen molar-refractivity contribution < 1.29 is 9.21 Å². The van der Waals surface area contributed by atoms with Gasteiger partial charge in [-0.3, -0.25) is 4.79 Å². The molecule has 1 aromatic heterocycles. The second kappa shape index (κ2) is 7.50. The van der Waals surface area contributed by atoms with Gasteiger partial charge in [-0.1, -0.05) is 55.2 Å². The Morgan fingerprint density at radius 1 is 1.04 bits per heavy atom. The average Bonchev–Trinajstić information content (AvgIpc) is 3.23. The highest BCUT2D eigenvalue weighted by atomic mass is 35.5. The number of nitrogens with zero attached hydrogens (tertiary/aromatic N) is 1. The fourth-order valence-electron chi connectivity index (χ4n) is 3.37. The van der Waals surface area contributed by atoms with E-state index in [4.69, 9.17) is 27.6 Å². The number of furan rings is 1. The Morgan fingerprint density at radius 2 is 1.82 bits per heavy atom. The normalized spacial score (nSPS) is 15.0. The van der Waals surface area contributed by atoms with Gasteiger partial charge in [0.1, 0.15) is 11.5 Å². The second-order valence-electron chi connectivity index (χ2n) is 7.22. The number of benzene rings is 2. The van der Waals surface area contributed by atoms with Crippen LogP contribution in [-0.2, 0) is 4.79 Å². The molecule has 0 spiro atoms. The van der Waals surface area contributed by atoms with Gasteiger partial charge < -0.3 is 9.32 Å². The molecule has 2 aromatic carbocycles. The van der Waals surface area contributed by atoms with Gasteiger partial charge in [-0.15, -0.1) is 0 Å². The number of para-hydroxylation sites is 1. The Hall–Kier alpha value is -2.49. The summed E-state index contributed by atoms with van der Waals surface area (Å²) in [6, 6.07) is 16.9. The van der Waals surface area contributed by atoms with Crippen molar-refractivity contribution in [2.45, 2.75) is 13.8 Å². The largest absolute Gasteiger partial charge is 0.457 e. The molecule has 28 heavy (non-hydrogen) atoms. The summed E-state index contributed by atoms with van der Waals surface area (Å²) >= 11 is 12.1. The Morgan fingerprint density at radius 3 is 2.57 bits per heavy atom. The van der Waals surface area contributed by atoms with Crippen LogP contribution in [0.1, 0.15) is 25.2 Å². The summed E-state index contributed by atoms with van der Waals surface area (Å²) in [6.45, 7) is 4.89. The summed E-state index contributed by atoms with van der Waals surface area (Å²) in [4.78, 5) is 14.9. The molecule has 0 unspecified atom stereocenters. The maximum atomic E-state index is 13.0. The van der Waals surface area contributed by atoms with E-state index in [-0.39, 0.29) is 5.91 Å². The lowest BCUT2D eigenvalue weighted by molar-refractivity contribution is -0.113. The fraction of sp³-hybridized carbons (Fsp3) is 0.174. The van der Waals surface area contributed by atoms with Gasteiger partial charge in [0.25, 0.3) is 5.91 Å². The Balaban J connectivity index is 1.70. The molecule has 3 nitrogen and oxygen atoms in total. The van der Waals surface area contributed by atoms with Crippen LogP contribution in [0.3, 0.4) is 0 Å². The zero-order chi connectivity index (χ0) is 19.8. The van der Waals surface area contributed by atoms with Crippen LogP contribution in [0, 0.1) is 5.92 Å². The first kappa shape index (κ1) is 18.9. The number of hydrogen-bond acceptors (Lipinski definition) is 2. The van der Waals surface area contributed by atoms with Gasteiger partial charge in [0.2, 0.25) is 0 Å². The van der Waals surface area contributed by atoms with Crippen LogP contribution >= 0.6 is 23.2 Å². The van der Waals surface area contributed by atoms with Gasteiger partial charge in [0, 0.05) is 17.7 Å². The van der Waals surface area contributed by atoms with E-state index < -0.39 is 0 Å². The van der Waals surface area contributed by atoms with Crippen LogP contribution in [-0.4, -0.2) is 12.5 Å². The third kappa shape index (κ3) is 3.48. The third-order valence-corrected chi connectivity index (χ3v) is 5.36. The molecule has 0 saturated heterocycles. The minimum Gasteiger partial charge on any atom is -0.457 e. The van der Waals surface area contributed by atoms with Crippen molar-refractivity contribution in [1.82, 2.24) is 0 Å². The molecule has 0 radical (unpaired) electrons. The standard InChI is InChI=1S/C23H19Cl2NO2/c1-14(2)13-26-21-6-4-3-5-17(21)18(23(26)27)12-16-8-10-22(28-16)15-7-9-19(24)20(25)11-15/h3-12,14H,13H2,1-2H3/b18-12-. The number of halogens is 2. The number of carbonyl (C=O) groups excluding carboxylic acids is 1. The van der Waals surface area contributed by atoms with Gasteiger partial charge in [-0.25, -0.2) is 0 Å². The summed E-state index contributed by atoms with van der Waals surface area (Å²) < 4.78 is 5.96. The highest BCUT2D eigenvalue weighted by Crippen LogP contribution is 2.38. The highest BCUT2D eigenvalue weighted by molar-refractivity contribution is 6.42. The average molecular weight is 412 g/mol. The van der Waals surface area contributed by atoms with Crippen molar-refractivity contribution in [1.29, 1.82) is 0 Å². The first-order valence-electron chi connectivity index (χ1n) is 9.12. The van der Waals surface area contributed by atoms with Crippen LogP contribution in [0.2, 0.25) is 10.0 Å². The zero-order valence-corrected chi connectivity index (χ0v) is 17.1. The number of carbonyl (C=O) groups is 1. The molecule has 1 aliphatic rings. The first-order valence-corrected chi connectivity index (χ1v) is 9.88. The second-order valence-corrected chi connectivity index (χ2v) is 8.03. The van der Waals surface area contributed by atoms with Gasteiger partial charge in [0.15, 0.2) is 0 Å². The number of hydrogen-bond donors (Lipinski definition) is 0. The summed E-state index contributed by atoms with van der Waals surface area (Å²) in [5.74, 6) is 1.66. The van der Waals surface area contributed by atoms with E-state index in [0.717, 1.165) is 16.8 Å². The van der Waals surface area contributed by atoms with Crippen LogP contribution in [0.4, 0.5) is 5.69 Å². The van der Waals surface area contributed by atoms with Gasteiger partial charge in [-0.2, -0.15) is 0 Å². The molecule has 0 bridgehead atoms. The quantitative estimate of drug-likeness (QED) is 0.442. The van der Waals surface area contributed by atoms with Gasteiger partial charge in [0.05, 0.1) is 21.3 Å². The fourth-order valence-corrected chi connectivity index (χ4v) is 3.67. The molecular weight excluding hydrogens is 393 g/mol. The lowest BCUT2D eigenvalue weighted by Gasteiger charge is -2.19. The molecule has 1 aliphatic heterocycles. The minimum atomic E-state index is 0.00221. The van der Waals surface area contributed by atoms with Gasteiger partial charge >= 0.3 is 0 Å². The Kier molecular flexibility index (Phi) is 5.05. The number of anilines is 1. The zero-order valence-electron chi connectivity index (χ0n) is 15.6. The van der Waals surface area contributed by atoms with Gasteiger partial charge in [-0.05, 0) is 48.4 Å². The van der Waals surface area contributed by atoms with Crippen LogP contribution in [0.15, 0.2) is 59.0 Å². The SMILES string of the molecule is CC(C)CN1C(=O)/C(=C\c2ccc(-c3ccc(Cl)c(Cl)c3)o2)c2ccccc21. The summed E-state index contributed by atoms with van der Waals surface area (Å²) in [5, 5.41) is 0.970. The van der Waals surface area contributed by atoms with E-state index in [1.165, 1.54) is 0 Å². The van der Waals surface area contributed by atoms with Crippen molar-refractivity contribution in [3.8, 4) is 11.3 Å². The highest BCUT2D eigenvalue weighted by Gasteiger charge is 2.32. The van der Waals surface area contributed by atoms with E-state index >= 15 is 0 Å². The van der Waals surface area contributed by atoms with E-state index in [1.807, 2.05) is 53.4 Å². The third-order valence-electron chi connectivity index (χ3n) is 4.63. The van der Waals surface area contributed by atoms with E-state index in [9.17, 15) is 4.79 Å². The van der Waals surface area contributed by atoms with Crippen molar-refractivity contribution in [3.63, 3.8) is 0 Å². The molecule has 1 amide bonds. The Labute approximate surface area is 174 Å². The van der Waals surface area contributed by atoms with E-state index in [0.29, 0.717) is 39.6 Å². The lowest BCUT2D eigenvalue weighted by Crippen LogP contribution is -2.30. The summed E-state index contributed by atoms with van der Waals surface area (Å²) in [5.41, 5.74) is 3.36. The number of fused-ring (bicyclic) bond motifs is 1. The van der Waals surface area contributed by atoms with Crippen molar-refractivity contribution >= 4 is 46.4 Å². The molecule has 0 saturated carbocycles. The topological polar surface area (TPSA) is 33.5 Å². The van der Waals surface area contributed by atoms with Crippen molar-refractivity contribution in [2.75, 3.05) is 11.4 Å². The summed E-state index contributed by atoms with van der Waals surface area (Å²) in [6.07, 6.45) is 1.81. The minimum absolute atomic E-state index is 0.00221. The molecule has 5 heteroatoms. The molecule has 142 valence electrons. The maximum absolute atomic E-state index is 13.0. The predicted molar refractivity (Wildman–Crippen MR) is 116 cm³/mol. The van der Waals surface area contributed by atoms with E-state index in [2.05, 4.69) is 13.8 Å². The van der Waals surface area contributed by atoms with Crippen LogP contribution in [0.5, 0.6) is 0 Å². The first-order chi connectivity index (χ1) is 13.4. The molecule has 0 aliphatic carbocycles. The summed E-state index contributed by atoms with van der Waals surface area (Å²) in [7, 11) is 0. The molecule has 0 N–H and O–H groups in total. The van der Waals surface area contributed by atoms with Crippen LogP contribution < -0.4 is 4.90 Å². The molecule has 0 atom stereocenters. The smallest absolute Gasteiger partial charge is 0.259 e. The molecular formula is C23H19Cl2NO2. The lowest BCUT2D eigenvalue weighted by atomic mass is 10.1. The van der Waals surface area contributed by atoms with Crippen molar-refractivity contribution in [3.05, 3.63) is 76.0 Å². The predicted octanol–water partition coefficient (Wildman–Crippen LogP) is 6.80. The van der Waals surface area contributed by atoms with Crippen LogP contribution in [0.25, 0.3) is 23.0 Å². The number of rotatable bonds is 4. The molecule has 0 fully saturated rings. The Bertz CT molecular complexity index is 1080. The molecule has 4 rings (SSSR count). The molecule has 2 heterocycles. The maximum Gasteiger partial charge on any atom is 0.259 e. The van der Waals surface area contributed by atoms with Crippen molar-refractivity contribution in [2.24, 2.45) is 5.92 Å². The number of amides is 1. The van der Waals surface area contributed by atoms with E-state index in [1.54, 1.807) is 12.1 Å². The monoisotopic (exact) mass is 411 g/mol.